The van der Waals surface area contributed by atoms with E-state index in [2.05, 4.69) is 31.4 Å². The van der Waals surface area contributed by atoms with Gasteiger partial charge in [0.05, 0.1) is 11.8 Å². The summed E-state index contributed by atoms with van der Waals surface area (Å²) in [6.45, 7) is 1.92. The van der Waals surface area contributed by atoms with Crippen LogP contribution >= 0.6 is 15.9 Å². The SMILES string of the molecule is CC(/C=N\NC(=O)c1cncc(Br)c1)=C\c1ccccc1. The monoisotopic (exact) mass is 343 g/mol. The molecule has 0 radical (unpaired) electrons. The van der Waals surface area contributed by atoms with Crippen LogP contribution in [0.3, 0.4) is 0 Å². The zero-order chi connectivity index (χ0) is 15.1. The number of carbonyl (C=O) groups is 1. The lowest BCUT2D eigenvalue weighted by molar-refractivity contribution is 0.0954. The van der Waals surface area contributed by atoms with Crippen molar-refractivity contribution in [2.45, 2.75) is 6.92 Å². The van der Waals surface area contributed by atoms with Crippen molar-refractivity contribution in [1.82, 2.24) is 10.4 Å². The maximum atomic E-state index is 11.8. The smallest absolute Gasteiger partial charge is 0.267 e. The summed E-state index contributed by atoms with van der Waals surface area (Å²) >= 11 is 3.27. The molecule has 0 spiro atoms. The van der Waals surface area contributed by atoms with E-state index in [1.54, 1.807) is 18.5 Å². The van der Waals surface area contributed by atoms with Crippen LogP contribution in [0, 0.1) is 0 Å². The number of hydrazone groups is 1. The highest BCUT2D eigenvalue weighted by Gasteiger charge is 2.04. The number of nitrogens with one attached hydrogen (secondary N) is 1. The Morgan fingerprint density at radius 2 is 2.05 bits per heavy atom. The van der Waals surface area contributed by atoms with Gasteiger partial charge in [0.25, 0.3) is 5.91 Å². The highest BCUT2D eigenvalue weighted by molar-refractivity contribution is 9.10. The number of amides is 1. The fourth-order valence-corrected chi connectivity index (χ4v) is 2.01. The maximum absolute atomic E-state index is 11.8. The van der Waals surface area contributed by atoms with Crippen LogP contribution in [0.1, 0.15) is 22.8 Å². The summed E-state index contributed by atoms with van der Waals surface area (Å²) in [6, 6.07) is 11.6. The van der Waals surface area contributed by atoms with E-state index in [-0.39, 0.29) is 5.91 Å². The van der Waals surface area contributed by atoms with Crippen LogP contribution in [0.15, 0.2) is 63.9 Å². The molecule has 0 aliphatic heterocycles. The largest absolute Gasteiger partial charge is 0.272 e. The van der Waals surface area contributed by atoms with Crippen molar-refractivity contribution < 1.29 is 4.79 Å². The Hall–Kier alpha value is -2.27. The number of benzene rings is 1. The highest BCUT2D eigenvalue weighted by atomic mass is 79.9. The molecule has 1 aromatic heterocycles. The topological polar surface area (TPSA) is 54.4 Å². The minimum Gasteiger partial charge on any atom is -0.267 e. The number of hydrogen-bond acceptors (Lipinski definition) is 3. The number of pyridine rings is 1. The van der Waals surface area contributed by atoms with Gasteiger partial charge in [-0.15, -0.1) is 0 Å². The van der Waals surface area contributed by atoms with Crippen molar-refractivity contribution in [2.75, 3.05) is 0 Å². The molecule has 2 rings (SSSR count). The zero-order valence-corrected chi connectivity index (χ0v) is 13.0. The van der Waals surface area contributed by atoms with Gasteiger partial charge in [-0.1, -0.05) is 36.4 Å². The van der Waals surface area contributed by atoms with E-state index in [4.69, 9.17) is 0 Å². The van der Waals surface area contributed by atoms with Crippen LogP contribution in [-0.2, 0) is 0 Å². The minimum absolute atomic E-state index is 0.299. The average Bonchev–Trinajstić information content (AvgIpc) is 2.48. The summed E-state index contributed by atoms with van der Waals surface area (Å²) in [7, 11) is 0. The third-order valence-corrected chi connectivity index (χ3v) is 3.03. The molecule has 0 bridgehead atoms. The summed E-state index contributed by atoms with van der Waals surface area (Å²) < 4.78 is 0.749. The van der Waals surface area contributed by atoms with Crippen molar-refractivity contribution in [1.29, 1.82) is 0 Å². The first-order valence-corrected chi connectivity index (χ1v) is 7.12. The van der Waals surface area contributed by atoms with Crippen LogP contribution in [0.25, 0.3) is 6.08 Å². The van der Waals surface area contributed by atoms with Gasteiger partial charge in [-0.25, -0.2) is 5.43 Å². The molecule has 106 valence electrons. The molecule has 21 heavy (non-hydrogen) atoms. The van der Waals surface area contributed by atoms with E-state index >= 15 is 0 Å². The van der Waals surface area contributed by atoms with Gasteiger partial charge in [0.1, 0.15) is 0 Å². The Labute approximate surface area is 131 Å². The van der Waals surface area contributed by atoms with Gasteiger partial charge in [-0.2, -0.15) is 5.10 Å². The predicted molar refractivity (Wildman–Crippen MR) is 88.0 cm³/mol. The van der Waals surface area contributed by atoms with Gasteiger partial charge in [0.15, 0.2) is 0 Å². The molecule has 4 nitrogen and oxygen atoms in total. The van der Waals surface area contributed by atoms with Crippen molar-refractivity contribution in [3.05, 3.63) is 70.0 Å². The van der Waals surface area contributed by atoms with Crippen LogP contribution < -0.4 is 5.43 Å². The van der Waals surface area contributed by atoms with Gasteiger partial charge in [0, 0.05) is 16.9 Å². The maximum Gasteiger partial charge on any atom is 0.272 e. The minimum atomic E-state index is -0.299. The first kappa shape index (κ1) is 15.1. The number of carbonyl (C=O) groups excluding carboxylic acids is 1. The fraction of sp³-hybridized carbons (Fsp3) is 0.0625. The second-order valence-electron chi connectivity index (χ2n) is 4.39. The van der Waals surface area contributed by atoms with E-state index < -0.39 is 0 Å². The first-order chi connectivity index (χ1) is 10.1. The number of halogens is 1. The van der Waals surface area contributed by atoms with Crippen molar-refractivity contribution in [3.63, 3.8) is 0 Å². The Morgan fingerprint density at radius 3 is 2.76 bits per heavy atom. The summed E-state index contributed by atoms with van der Waals surface area (Å²) in [5, 5.41) is 3.94. The Kier molecular flexibility index (Phi) is 5.40. The third-order valence-electron chi connectivity index (χ3n) is 2.60. The van der Waals surface area contributed by atoms with Crippen molar-refractivity contribution >= 4 is 34.1 Å². The molecule has 0 aliphatic carbocycles. The lowest BCUT2D eigenvalue weighted by Gasteiger charge is -1.99. The van der Waals surface area contributed by atoms with E-state index in [1.807, 2.05) is 43.3 Å². The molecule has 0 unspecified atom stereocenters. The standard InChI is InChI=1S/C16H14BrN3O/c1-12(7-13-5-3-2-4-6-13)9-19-20-16(21)14-8-15(17)11-18-10-14/h2-11H,1H3,(H,20,21)/b12-7+,19-9-. The van der Waals surface area contributed by atoms with Gasteiger partial charge in [-0.3, -0.25) is 9.78 Å². The van der Waals surface area contributed by atoms with Crippen LogP contribution in [0.4, 0.5) is 0 Å². The van der Waals surface area contributed by atoms with E-state index in [9.17, 15) is 4.79 Å². The summed E-state index contributed by atoms with van der Waals surface area (Å²) in [6.07, 6.45) is 6.70. The molecule has 0 saturated carbocycles. The third kappa shape index (κ3) is 4.96. The molecular weight excluding hydrogens is 330 g/mol. The van der Waals surface area contributed by atoms with Gasteiger partial charge < -0.3 is 0 Å². The number of hydrogen-bond donors (Lipinski definition) is 1. The summed E-state index contributed by atoms with van der Waals surface area (Å²) in [5.41, 5.74) is 4.95. The van der Waals surface area contributed by atoms with Crippen LogP contribution in [-0.4, -0.2) is 17.1 Å². The quantitative estimate of drug-likeness (QED) is 0.680. The van der Waals surface area contributed by atoms with Crippen LogP contribution in [0.5, 0.6) is 0 Å². The van der Waals surface area contributed by atoms with E-state index in [0.717, 1.165) is 15.6 Å². The number of allylic oxidation sites excluding steroid dienone is 1. The number of nitrogens with zero attached hydrogens (tertiary/aromatic N) is 2. The van der Waals surface area contributed by atoms with E-state index in [1.165, 1.54) is 6.20 Å². The molecule has 1 aromatic carbocycles. The van der Waals surface area contributed by atoms with Gasteiger partial charge in [0.2, 0.25) is 0 Å². The number of rotatable bonds is 4. The fourth-order valence-electron chi connectivity index (χ4n) is 1.64. The van der Waals surface area contributed by atoms with Crippen molar-refractivity contribution in [3.8, 4) is 0 Å². The lowest BCUT2D eigenvalue weighted by Crippen LogP contribution is -2.17. The molecular formula is C16H14BrN3O. The second-order valence-corrected chi connectivity index (χ2v) is 5.31. The van der Waals surface area contributed by atoms with Crippen molar-refractivity contribution in [2.24, 2.45) is 5.10 Å². The molecule has 2 aromatic rings. The molecule has 0 atom stereocenters. The second kappa shape index (κ2) is 7.50. The lowest BCUT2D eigenvalue weighted by atomic mass is 10.1. The molecule has 0 fully saturated rings. The zero-order valence-electron chi connectivity index (χ0n) is 11.5. The highest BCUT2D eigenvalue weighted by Crippen LogP contribution is 2.09. The molecule has 1 heterocycles. The summed E-state index contributed by atoms with van der Waals surface area (Å²) in [5.74, 6) is -0.299. The molecule has 0 aliphatic rings. The average molecular weight is 344 g/mol. The van der Waals surface area contributed by atoms with Crippen LogP contribution in [0.2, 0.25) is 0 Å². The molecule has 0 saturated heterocycles. The number of aromatic nitrogens is 1. The first-order valence-electron chi connectivity index (χ1n) is 6.32. The van der Waals surface area contributed by atoms with E-state index in [0.29, 0.717) is 5.56 Å². The molecule has 1 N–H and O–H groups in total. The Morgan fingerprint density at radius 1 is 1.29 bits per heavy atom. The normalized spacial score (nSPS) is 11.6. The summed E-state index contributed by atoms with van der Waals surface area (Å²) in [4.78, 5) is 15.8. The Bertz CT molecular complexity index is 681. The van der Waals surface area contributed by atoms with Gasteiger partial charge >= 0.3 is 0 Å². The predicted octanol–water partition coefficient (Wildman–Crippen LogP) is 3.66. The van der Waals surface area contributed by atoms with Gasteiger partial charge in [-0.05, 0) is 40.1 Å². The molecule has 5 heteroatoms. The molecule has 1 amide bonds. The Balaban J connectivity index is 1.96.